The maximum atomic E-state index is 11.7. The molecule has 0 radical (unpaired) electrons. The standard InChI is InChI=1S/C19H16N4O2S/c24-18(12-2-3-12)21-10-14-5-6-16(26-14)17-22-19(25-23-17)13-4-1-11-7-8-20-15(11)9-13/h1,4-9,12,20H,2-3,10H2,(H,21,24). The molecule has 7 heteroatoms. The number of aromatic amines is 1. The van der Waals surface area contributed by atoms with Crippen molar-refractivity contribution in [1.29, 1.82) is 0 Å². The molecule has 0 saturated heterocycles. The molecule has 1 aliphatic rings. The second kappa shape index (κ2) is 6.10. The van der Waals surface area contributed by atoms with Gasteiger partial charge in [0, 0.05) is 28.1 Å². The smallest absolute Gasteiger partial charge is 0.258 e. The third-order valence-corrected chi connectivity index (χ3v) is 5.58. The van der Waals surface area contributed by atoms with Crippen LogP contribution in [0, 0.1) is 5.92 Å². The quantitative estimate of drug-likeness (QED) is 0.561. The summed E-state index contributed by atoms with van der Waals surface area (Å²) in [5, 5.41) is 8.22. The highest BCUT2D eigenvalue weighted by atomic mass is 32.1. The number of amides is 1. The first-order chi connectivity index (χ1) is 12.8. The molecule has 0 aliphatic heterocycles. The molecule has 2 N–H and O–H groups in total. The molecule has 3 aromatic heterocycles. The SMILES string of the molecule is O=C(NCc1ccc(-c2noc(-c3ccc4cc[nH]c4c3)n2)s1)C1CC1. The van der Waals surface area contributed by atoms with Gasteiger partial charge in [0.1, 0.15) is 0 Å². The number of hydrogen-bond acceptors (Lipinski definition) is 5. The number of carbonyl (C=O) groups is 1. The third-order valence-electron chi connectivity index (χ3n) is 4.50. The lowest BCUT2D eigenvalue weighted by Crippen LogP contribution is -2.23. The Balaban J connectivity index is 1.33. The Kier molecular flexibility index (Phi) is 3.60. The minimum Gasteiger partial charge on any atom is -0.361 e. The van der Waals surface area contributed by atoms with Gasteiger partial charge in [0.2, 0.25) is 11.7 Å². The minimum absolute atomic E-state index is 0.154. The number of thiophene rings is 1. The summed E-state index contributed by atoms with van der Waals surface area (Å²) >= 11 is 1.57. The lowest BCUT2D eigenvalue weighted by molar-refractivity contribution is -0.122. The molecule has 26 heavy (non-hydrogen) atoms. The zero-order valence-corrected chi connectivity index (χ0v) is 14.7. The van der Waals surface area contributed by atoms with E-state index in [0.717, 1.165) is 39.1 Å². The van der Waals surface area contributed by atoms with E-state index in [1.807, 2.05) is 42.6 Å². The summed E-state index contributed by atoms with van der Waals surface area (Å²) in [6, 6.07) is 12.0. The normalized spacial score (nSPS) is 14.0. The van der Waals surface area contributed by atoms with Gasteiger partial charge in [-0.3, -0.25) is 4.79 Å². The molecule has 0 unspecified atom stereocenters. The Morgan fingerprint density at radius 3 is 3.08 bits per heavy atom. The van der Waals surface area contributed by atoms with E-state index in [2.05, 4.69) is 20.4 Å². The number of carbonyl (C=O) groups excluding carboxylic acids is 1. The lowest BCUT2D eigenvalue weighted by atomic mass is 10.1. The fraction of sp³-hybridized carbons (Fsp3) is 0.211. The number of benzene rings is 1. The van der Waals surface area contributed by atoms with Crippen LogP contribution in [0.5, 0.6) is 0 Å². The van der Waals surface area contributed by atoms with Gasteiger partial charge in [0.05, 0.1) is 11.4 Å². The van der Waals surface area contributed by atoms with Gasteiger partial charge in [-0.15, -0.1) is 11.3 Å². The van der Waals surface area contributed by atoms with E-state index in [9.17, 15) is 4.79 Å². The van der Waals surface area contributed by atoms with E-state index >= 15 is 0 Å². The Labute approximate surface area is 153 Å². The minimum atomic E-state index is 0.154. The van der Waals surface area contributed by atoms with Gasteiger partial charge in [-0.25, -0.2) is 0 Å². The fourth-order valence-corrected chi connectivity index (χ4v) is 3.75. The predicted octanol–water partition coefficient (Wildman–Crippen LogP) is 3.97. The number of nitrogens with zero attached hydrogens (tertiary/aromatic N) is 2. The van der Waals surface area contributed by atoms with Crippen LogP contribution in [-0.2, 0) is 11.3 Å². The molecule has 3 heterocycles. The molecule has 1 aliphatic carbocycles. The molecule has 4 aromatic rings. The summed E-state index contributed by atoms with van der Waals surface area (Å²) in [5.41, 5.74) is 1.92. The van der Waals surface area contributed by atoms with Crippen molar-refractivity contribution in [3.05, 3.63) is 47.5 Å². The largest absolute Gasteiger partial charge is 0.361 e. The first kappa shape index (κ1) is 15.3. The second-order valence-electron chi connectivity index (χ2n) is 6.46. The van der Waals surface area contributed by atoms with Crippen molar-refractivity contribution in [1.82, 2.24) is 20.4 Å². The number of nitrogens with one attached hydrogen (secondary N) is 2. The Morgan fingerprint density at radius 1 is 1.27 bits per heavy atom. The van der Waals surface area contributed by atoms with Crippen molar-refractivity contribution in [3.8, 4) is 22.2 Å². The number of hydrogen-bond donors (Lipinski definition) is 2. The van der Waals surface area contributed by atoms with E-state index in [1.165, 1.54) is 0 Å². The number of aromatic nitrogens is 3. The van der Waals surface area contributed by atoms with E-state index < -0.39 is 0 Å². The van der Waals surface area contributed by atoms with Crippen molar-refractivity contribution >= 4 is 28.1 Å². The first-order valence-corrected chi connectivity index (χ1v) is 9.36. The van der Waals surface area contributed by atoms with Gasteiger partial charge in [-0.2, -0.15) is 4.98 Å². The van der Waals surface area contributed by atoms with Crippen molar-refractivity contribution in [2.24, 2.45) is 5.92 Å². The van der Waals surface area contributed by atoms with Crippen LogP contribution in [0.3, 0.4) is 0 Å². The lowest BCUT2D eigenvalue weighted by Gasteiger charge is -2.00. The van der Waals surface area contributed by atoms with Crippen LogP contribution in [0.4, 0.5) is 0 Å². The Bertz CT molecular complexity index is 1090. The fourth-order valence-electron chi connectivity index (χ4n) is 2.88. The highest BCUT2D eigenvalue weighted by molar-refractivity contribution is 7.15. The zero-order valence-electron chi connectivity index (χ0n) is 13.9. The number of H-pyrrole nitrogens is 1. The molecule has 1 saturated carbocycles. The van der Waals surface area contributed by atoms with Gasteiger partial charge in [0.15, 0.2) is 0 Å². The zero-order chi connectivity index (χ0) is 17.5. The molecular formula is C19H16N4O2S. The van der Waals surface area contributed by atoms with Crippen LogP contribution in [0.1, 0.15) is 17.7 Å². The molecule has 130 valence electrons. The van der Waals surface area contributed by atoms with Crippen molar-refractivity contribution < 1.29 is 9.32 Å². The molecule has 5 rings (SSSR count). The number of fused-ring (bicyclic) bond motifs is 1. The molecule has 1 amide bonds. The average Bonchev–Trinajstić information content (AvgIpc) is 3.06. The van der Waals surface area contributed by atoms with Gasteiger partial charge in [-0.05, 0) is 48.6 Å². The topological polar surface area (TPSA) is 83.8 Å². The van der Waals surface area contributed by atoms with Crippen LogP contribution < -0.4 is 5.32 Å². The van der Waals surface area contributed by atoms with Gasteiger partial charge >= 0.3 is 0 Å². The van der Waals surface area contributed by atoms with Crippen LogP contribution in [-0.4, -0.2) is 21.0 Å². The summed E-state index contributed by atoms with van der Waals surface area (Å²) in [4.78, 5) is 21.4. The van der Waals surface area contributed by atoms with Crippen LogP contribution in [0.15, 0.2) is 47.1 Å². The maximum Gasteiger partial charge on any atom is 0.258 e. The Morgan fingerprint density at radius 2 is 2.19 bits per heavy atom. The molecule has 1 aromatic carbocycles. The van der Waals surface area contributed by atoms with Gasteiger partial charge < -0.3 is 14.8 Å². The molecule has 6 nitrogen and oxygen atoms in total. The van der Waals surface area contributed by atoms with E-state index in [1.54, 1.807) is 11.3 Å². The second-order valence-corrected chi connectivity index (χ2v) is 7.63. The monoisotopic (exact) mass is 364 g/mol. The Hall–Kier alpha value is -2.93. The maximum absolute atomic E-state index is 11.7. The summed E-state index contributed by atoms with van der Waals surface area (Å²) in [7, 11) is 0. The van der Waals surface area contributed by atoms with Crippen LogP contribution in [0.2, 0.25) is 0 Å². The average molecular weight is 364 g/mol. The summed E-state index contributed by atoms with van der Waals surface area (Å²) in [5.74, 6) is 1.44. The van der Waals surface area contributed by atoms with E-state index in [0.29, 0.717) is 18.3 Å². The first-order valence-electron chi connectivity index (χ1n) is 8.54. The molecule has 1 fully saturated rings. The van der Waals surface area contributed by atoms with Crippen LogP contribution in [0.25, 0.3) is 33.1 Å². The highest BCUT2D eigenvalue weighted by Crippen LogP contribution is 2.31. The van der Waals surface area contributed by atoms with Crippen molar-refractivity contribution in [3.63, 3.8) is 0 Å². The summed E-state index contributed by atoms with van der Waals surface area (Å²) in [6.45, 7) is 0.550. The van der Waals surface area contributed by atoms with E-state index in [-0.39, 0.29) is 11.8 Å². The predicted molar refractivity (Wildman–Crippen MR) is 99.5 cm³/mol. The van der Waals surface area contributed by atoms with Crippen molar-refractivity contribution in [2.75, 3.05) is 0 Å². The van der Waals surface area contributed by atoms with E-state index in [4.69, 9.17) is 4.52 Å². The number of rotatable bonds is 5. The molecular weight excluding hydrogens is 348 g/mol. The van der Waals surface area contributed by atoms with Gasteiger partial charge in [-0.1, -0.05) is 11.2 Å². The van der Waals surface area contributed by atoms with Gasteiger partial charge in [0.25, 0.3) is 5.89 Å². The van der Waals surface area contributed by atoms with Crippen LogP contribution >= 0.6 is 11.3 Å². The highest BCUT2D eigenvalue weighted by Gasteiger charge is 2.29. The third kappa shape index (κ3) is 2.90. The van der Waals surface area contributed by atoms with Crippen molar-refractivity contribution in [2.45, 2.75) is 19.4 Å². The summed E-state index contributed by atoms with van der Waals surface area (Å²) < 4.78 is 5.44. The molecule has 0 atom stereocenters. The molecule has 0 spiro atoms. The summed E-state index contributed by atoms with van der Waals surface area (Å²) in [6.07, 6.45) is 3.94. The molecule has 0 bridgehead atoms.